The van der Waals surface area contributed by atoms with Gasteiger partial charge in [0, 0.05) is 5.69 Å². The molecule has 1 atom stereocenters. The van der Waals surface area contributed by atoms with Gasteiger partial charge in [0.05, 0.1) is 28.1 Å². The van der Waals surface area contributed by atoms with Crippen LogP contribution in [0.25, 0.3) is 10.2 Å². The molecule has 5 nitrogen and oxygen atoms in total. The summed E-state index contributed by atoms with van der Waals surface area (Å²) < 4.78 is 6.62. The van der Waals surface area contributed by atoms with Crippen molar-refractivity contribution in [2.75, 3.05) is 5.32 Å². The predicted molar refractivity (Wildman–Crippen MR) is 83.6 cm³/mol. The van der Waals surface area contributed by atoms with Crippen molar-refractivity contribution in [3.05, 3.63) is 23.7 Å². The zero-order valence-corrected chi connectivity index (χ0v) is 12.8. The third-order valence-corrected chi connectivity index (χ3v) is 5.50. The van der Waals surface area contributed by atoms with Gasteiger partial charge < -0.3 is 10.1 Å². The van der Waals surface area contributed by atoms with E-state index in [-0.39, 0.29) is 24.2 Å². The first-order valence-electron chi connectivity index (χ1n) is 7.52. The zero-order chi connectivity index (χ0) is 15.2. The van der Waals surface area contributed by atoms with Crippen LogP contribution in [0, 0.1) is 5.92 Å². The Hall–Kier alpha value is -1.95. The highest BCUT2D eigenvalue weighted by molar-refractivity contribution is 7.16. The molecular formula is C16H16N2O3S. The summed E-state index contributed by atoms with van der Waals surface area (Å²) in [5.74, 6) is -0.757. The summed E-state index contributed by atoms with van der Waals surface area (Å²) in [5, 5.41) is 2.93. The molecule has 2 fully saturated rings. The number of esters is 1. The van der Waals surface area contributed by atoms with Crippen LogP contribution in [0.2, 0.25) is 0 Å². The van der Waals surface area contributed by atoms with E-state index >= 15 is 0 Å². The summed E-state index contributed by atoms with van der Waals surface area (Å²) in [5.41, 5.74) is 2.81. The molecule has 22 heavy (non-hydrogen) atoms. The number of fused-ring (bicyclic) bond motifs is 1. The van der Waals surface area contributed by atoms with E-state index in [4.69, 9.17) is 4.74 Å². The molecule has 1 aromatic carbocycles. The number of amides is 1. The topological polar surface area (TPSA) is 68.3 Å². The number of carbonyl (C=O) groups excluding carboxylic acids is 2. The third kappa shape index (κ3) is 2.18. The standard InChI is InChI=1S/C16H16N2O3S/c19-14-8-11(16(21-14)5-1-2-6-16)15(20)18-10-3-4-13-12(7-10)17-9-22-13/h3-4,7,9,11H,1-2,5-6,8H2,(H,18,20)/t11-/m1/s1. The van der Waals surface area contributed by atoms with Crippen LogP contribution in [-0.4, -0.2) is 22.5 Å². The van der Waals surface area contributed by atoms with Crippen molar-refractivity contribution in [1.82, 2.24) is 4.98 Å². The van der Waals surface area contributed by atoms with Crippen LogP contribution in [0.15, 0.2) is 23.7 Å². The van der Waals surface area contributed by atoms with Crippen molar-refractivity contribution < 1.29 is 14.3 Å². The van der Waals surface area contributed by atoms with E-state index in [0.29, 0.717) is 0 Å². The maximum Gasteiger partial charge on any atom is 0.307 e. The lowest BCUT2D eigenvalue weighted by Crippen LogP contribution is -2.39. The van der Waals surface area contributed by atoms with Gasteiger partial charge in [0.1, 0.15) is 5.60 Å². The Kier molecular flexibility index (Phi) is 3.14. The van der Waals surface area contributed by atoms with Crippen LogP contribution in [0.3, 0.4) is 0 Å². The van der Waals surface area contributed by atoms with Gasteiger partial charge in [-0.2, -0.15) is 0 Å². The highest BCUT2D eigenvalue weighted by Crippen LogP contribution is 2.45. The number of benzene rings is 1. The van der Waals surface area contributed by atoms with E-state index in [0.717, 1.165) is 41.6 Å². The highest BCUT2D eigenvalue weighted by Gasteiger charge is 2.53. The zero-order valence-electron chi connectivity index (χ0n) is 12.0. The first kappa shape index (κ1) is 13.7. The molecule has 1 saturated heterocycles. The number of nitrogens with one attached hydrogen (secondary N) is 1. The largest absolute Gasteiger partial charge is 0.458 e. The van der Waals surface area contributed by atoms with E-state index in [1.807, 2.05) is 18.2 Å². The molecule has 2 heterocycles. The number of aromatic nitrogens is 1. The number of nitrogens with zero attached hydrogens (tertiary/aromatic N) is 1. The van der Waals surface area contributed by atoms with Crippen molar-refractivity contribution >= 4 is 39.1 Å². The lowest BCUT2D eigenvalue weighted by atomic mass is 9.85. The molecule has 0 unspecified atom stereocenters. The van der Waals surface area contributed by atoms with Gasteiger partial charge in [0.15, 0.2) is 0 Å². The Morgan fingerprint density at radius 1 is 1.36 bits per heavy atom. The number of thiazole rings is 1. The third-order valence-electron chi connectivity index (χ3n) is 4.69. The SMILES string of the molecule is O=C1C[C@H](C(=O)Nc2ccc3scnc3c2)C2(CCCC2)O1. The van der Waals surface area contributed by atoms with Gasteiger partial charge in [0.25, 0.3) is 0 Å². The molecule has 0 radical (unpaired) electrons. The van der Waals surface area contributed by atoms with E-state index in [1.54, 1.807) is 16.8 Å². The van der Waals surface area contributed by atoms with Gasteiger partial charge in [-0.25, -0.2) is 4.98 Å². The maximum atomic E-state index is 12.6. The fraction of sp³-hybridized carbons (Fsp3) is 0.438. The van der Waals surface area contributed by atoms with Crippen molar-refractivity contribution in [2.45, 2.75) is 37.7 Å². The summed E-state index contributed by atoms with van der Waals surface area (Å²) in [7, 11) is 0. The van der Waals surface area contributed by atoms with E-state index < -0.39 is 5.60 Å². The fourth-order valence-corrected chi connectivity index (χ4v) is 4.27. The molecule has 1 amide bonds. The van der Waals surface area contributed by atoms with Crippen LogP contribution < -0.4 is 5.32 Å². The molecule has 1 spiro atoms. The lowest BCUT2D eigenvalue weighted by Gasteiger charge is -2.27. The highest BCUT2D eigenvalue weighted by atomic mass is 32.1. The van der Waals surface area contributed by atoms with Crippen molar-refractivity contribution in [2.24, 2.45) is 5.92 Å². The minimum Gasteiger partial charge on any atom is -0.458 e. The van der Waals surface area contributed by atoms with Gasteiger partial charge in [0.2, 0.25) is 5.91 Å². The number of hydrogen-bond donors (Lipinski definition) is 1. The normalized spacial score (nSPS) is 23.1. The molecule has 0 bridgehead atoms. The Labute approximate surface area is 131 Å². The molecule has 1 saturated carbocycles. The molecule has 114 valence electrons. The molecule has 6 heteroatoms. The van der Waals surface area contributed by atoms with E-state index in [2.05, 4.69) is 10.3 Å². The summed E-state index contributed by atoms with van der Waals surface area (Å²) in [6.45, 7) is 0. The fourth-order valence-electron chi connectivity index (χ4n) is 3.61. The number of rotatable bonds is 2. The molecule has 1 aliphatic carbocycles. The summed E-state index contributed by atoms with van der Waals surface area (Å²) in [6, 6.07) is 5.68. The molecule has 2 aromatic rings. The van der Waals surface area contributed by atoms with Crippen LogP contribution in [-0.2, 0) is 14.3 Å². The number of hydrogen-bond acceptors (Lipinski definition) is 5. The number of anilines is 1. The number of carbonyl (C=O) groups is 2. The Morgan fingerprint density at radius 2 is 2.18 bits per heavy atom. The second-order valence-corrected chi connectivity index (χ2v) is 6.91. The monoisotopic (exact) mass is 316 g/mol. The lowest BCUT2D eigenvalue weighted by molar-refractivity contribution is -0.149. The molecular weight excluding hydrogens is 300 g/mol. The van der Waals surface area contributed by atoms with E-state index in [9.17, 15) is 9.59 Å². The van der Waals surface area contributed by atoms with Gasteiger partial charge >= 0.3 is 5.97 Å². The quantitative estimate of drug-likeness (QED) is 0.864. The molecule has 1 aromatic heterocycles. The first-order chi connectivity index (χ1) is 10.7. The minimum absolute atomic E-state index is 0.123. The van der Waals surface area contributed by atoms with Gasteiger partial charge in [-0.05, 0) is 43.9 Å². The first-order valence-corrected chi connectivity index (χ1v) is 8.40. The Bertz CT molecular complexity index is 749. The van der Waals surface area contributed by atoms with Crippen LogP contribution in [0.4, 0.5) is 5.69 Å². The Balaban J connectivity index is 1.57. The van der Waals surface area contributed by atoms with E-state index in [1.165, 1.54) is 0 Å². The summed E-state index contributed by atoms with van der Waals surface area (Å²) in [4.78, 5) is 28.6. The van der Waals surface area contributed by atoms with Crippen LogP contribution in [0.5, 0.6) is 0 Å². The minimum atomic E-state index is -0.564. The second kappa shape index (κ2) is 5.05. The predicted octanol–water partition coefficient (Wildman–Crippen LogP) is 3.11. The van der Waals surface area contributed by atoms with Crippen molar-refractivity contribution in [3.63, 3.8) is 0 Å². The maximum absolute atomic E-state index is 12.6. The summed E-state index contributed by atoms with van der Waals surface area (Å²) in [6.07, 6.45) is 3.80. The number of ether oxygens (including phenoxy) is 1. The average Bonchev–Trinajstić information content (AvgIpc) is 3.19. The van der Waals surface area contributed by atoms with Crippen molar-refractivity contribution in [1.29, 1.82) is 0 Å². The second-order valence-electron chi connectivity index (χ2n) is 6.03. The van der Waals surface area contributed by atoms with Crippen molar-refractivity contribution in [3.8, 4) is 0 Å². The average molecular weight is 316 g/mol. The smallest absolute Gasteiger partial charge is 0.307 e. The van der Waals surface area contributed by atoms with Gasteiger partial charge in [-0.15, -0.1) is 11.3 Å². The van der Waals surface area contributed by atoms with Gasteiger partial charge in [-0.3, -0.25) is 9.59 Å². The van der Waals surface area contributed by atoms with Crippen LogP contribution >= 0.6 is 11.3 Å². The Morgan fingerprint density at radius 3 is 3.00 bits per heavy atom. The molecule has 2 aliphatic rings. The summed E-state index contributed by atoms with van der Waals surface area (Å²) >= 11 is 1.57. The molecule has 1 aliphatic heterocycles. The van der Waals surface area contributed by atoms with Crippen LogP contribution in [0.1, 0.15) is 32.1 Å². The molecule has 1 N–H and O–H groups in total. The van der Waals surface area contributed by atoms with Gasteiger partial charge in [-0.1, -0.05) is 0 Å². The molecule has 4 rings (SSSR count).